The van der Waals surface area contributed by atoms with Gasteiger partial charge in [0, 0.05) is 18.6 Å². The molecule has 0 N–H and O–H groups in total. The molecule has 0 saturated heterocycles. The van der Waals surface area contributed by atoms with Crippen LogP contribution >= 0.6 is 0 Å². The second-order valence-electron chi connectivity index (χ2n) is 3.07. The predicted molar refractivity (Wildman–Crippen MR) is 50.8 cm³/mol. The molecule has 0 aliphatic carbocycles. The Labute approximate surface area is 77.0 Å². The van der Waals surface area contributed by atoms with Crippen molar-refractivity contribution < 1.29 is 0 Å². The molecule has 0 amide bonds. The van der Waals surface area contributed by atoms with E-state index in [0.717, 1.165) is 16.9 Å². The van der Waals surface area contributed by atoms with Crippen LogP contribution in [-0.4, -0.2) is 14.8 Å². The van der Waals surface area contributed by atoms with Crippen molar-refractivity contribution in [1.29, 1.82) is 0 Å². The Bertz CT molecular complexity index is 404. The van der Waals surface area contributed by atoms with E-state index in [1.807, 2.05) is 37.0 Å². The van der Waals surface area contributed by atoms with Crippen molar-refractivity contribution in [2.75, 3.05) is 0 Å². The molecule has 3 nitrogen and oxygen atoms in total. The Balaban J connectivity index is 2.57. The molecule has 2 aromatic heterocycles. The molecule has 0 spiro atoms. The summed E-state index contributed by atoms with van der Waals surface area (Å²) in [5.74, 6) is 0. The average Bonchev–Trinajstić information content (AvgIpc) is 2.61. The highest BCUT2D eigenvalue weighted by molar-refractivity contribution is 5.37. The van der Waals surface area contributed by atoms with Crippen LogP contribution in [0.1, 0.15) is 11.3 Å². The van der Waals surface area contributed by atoms with E-state index in [-0.39, 0.29) is 0 Å². The molecule has 13 heavy (non-hydrogen) atoms. The van der Waals surface area contributed by atoms with Crippen molar-refractivity contribution in [3.8, 4) is 5.69 Å². The van der Waals surface area contributed by atoms with Gasteiger partial charge in [0.15, 0.2) is 0 Å². The zero-order chi connectivity index (χ0) is 9.26. The summed E-state index contributed by atoms with van der Waals surface area (Å²) in [6, 6.07) is 3.98. The third-order valence-corrected chi connectivity index (χ3v) is 1.95. The fraction of sp³-hybridized carbons (Fsp3) is 0.200. The first-order valence-electron chi connectivity index (χ1n) is 4.20. The van der Waals surface area contributed by atoms with E-state index >= 15 is 0 Å². The van der Waals surface area contributed by atoms with E-state index < -0.39 is 0 Å². The van der Waals surface area contributed by atoms with Crippen LogP contribution in [0.25, 0.3) is 5.69 Å². The van der Waals surface area contributed by atoms with Gasteiger partial charge < -0.3 is 0 Å². The highest BCUT2D eigenvalue weighted by Gasteiger charge is 2.01. The Morgan fingerprint density at radius 1 is 1.31 bits per heavy atom. The Morgan fingerprint density at radius 3 is 2.85 bits per heavy atom. The van der Waals surface area contributed by atoms with E-state index in [4.69, 9.17) is 0 Å². The molecule has 66 valence electrons. The van der Waals surface area contributed by atoms with Gasteiger partial charge in [0.2, 0.25) is 0 Å². The third kappa shape index (κ3) is 1.45. The maximum Gasteiger partial charge on any atom is 0.0860 e. The summed E-state index contributed by atoms with van der Waals surface area (Å²) >= 11 is 0. The van der Waals surface area contributed by atoms with Gasteiger partial charge in [0.25, 0.3) is 0 Å². The molecule has 0 radical (unpaired) electrons. The molecule has 0 fully saturated rings. The van der Waals surface area contributed by atoms with Gasteiger partial charge in [-0.05, 0) is 31.5 Å². The zero-order valence-corrected chi connectivity index (χ0v) is 7.73. The van der Waals surface area contributed by atoms with Crippen LogP contribution < -0.4 is 0 Å². The highest BCUT2D eigenvalue weighted by atomic mass is 15.3. The van der Waals surface area contributed by atoms with Crippen molar-refractivity contribution >= 4 is 0 Å². The lowest BCUT2D eigenvalue weighted by molar-refractivity contribution is 0.859. The summed E-state index contributed by atoms with van der Waals surface area (Å²) in [7, 11) is 0. The smallest absolute Gasteiger partial charge is 0.0860 e. The normalized spacial score (nSPS) is 10.3. The highest BCUT2D eigenvalue weighted by Crippen LogP contribution is 2.11. The van der Waals surface area contributed by atoms with Crippen molar-refractivity contribution in [3.05, 3.63) is 42.0 Å². The molecule has 2 aromatic rings. The van der Waals surface area contributed by atoms with Gasteiger partial charge in [-0.3, -0.25) is 4.98 Å². The second-order valence-corrected chi connectivity index (χ2v) is 3.07. The summed E-state index contributed by atoms with van der Waals surface area (Å²) in [6.45, 7) is 4.01. The molecule has 0 atom stereocenters. The lowest BCUT2D eigenvalue weighted by Gasteiger charge is -2.05. The summed E-state index contributed by atoms with van der Waals surface area (Å²) in [4.78, 5) is 4.27. The molecule has 0 aromatic carbocycles. The Kier molecular flexibility index (Phi) is 1.85. The maximum absolute atomic E-state index is 4.27. The molecular weight excluding hydrogens is 162 g/mol. The monoisotopic (exact) mass is 173 g/mol. The van der Waals surface area contributed by atoms with Gasteiger partial charge in [-0.25, -0.2) is 4.68 Å². The van der Waals surface area contributed by atoms with E-state index in [0.29, 0.717) is 0 Å². The zero-order valence-electron chi connectivity index (χ0n) is 7.73. The van der Waals surface area contributed by atoms with Crippen molar-refractivity contribution in [2.45, 2.75) is 13.8 Å². The maximum atomic E-state index is 4.27. The first kappa shape index (κ1) is 7.98. The van der Waals surface area contributed by atoms with Crippen molar-refractivity contribution in [3.63, 3.8) is 0 Å². The van der Waals surface area contributed by atoms with Crippen LogP contribution in [0.15, 0.2) is 30.7 Å². The van der Waals surface area contributed by atoms with E-state index in [1.54, 1.807) is 6.20 Å². The fourth-order valence-electron chi connectivity index (χ4n) is 1.27. The van der Waals surface area contributed by atoms with Crippen molar-refractivity contribution in [1.82, 2.24) is 14.8 Å². The fourth-order valence-corrected chi connectivity index (χ4v) is 1.27. The number of aryl methyl sites for hydroxylation is 2. The SMILES string of the molecule is Cc1cnc(C)c(-n2cccn2)c1. The summed E-state index contributed by atoms with van der Waals surface area (Å²) in [5.41, 5.74) is 3.19. The molecule has 0 aliphatic rings. The minimum absolute atomic E-state index is 0.995. The molecule has 2 heterocycles. The summed E-state index contributed by atoms with van der Waals surface area (Å²) in [6.07, 6.45) is 5.55. The van der Waals surface area contributed by atoms with Crippen LogP contribution in [0.4, 0.5) is 0 Å². The van der Waals surface area contributed by atoms with Gasteiger partial charge in [-0.15, -0.1) is 0 Å². The van der Waals surface area contributed by atoms with Gasteiger partial charge >= 0.3 is 0 Å². The average molecular weight is 173 g/mol. The quantitative estimate of drug-likeness (QED) is 0.659. The van der Waals surface area contributed by atoms with Crippen LogP contribution in [0.5, 0.6) is 0 Å². The second kappa shape index (κ2) is 3.01. The predicted octanol–water partition coefficient (Wildman–Crippen LogP) is 1.88. The van der Waals surface area contributed by atoms with Crippen molar-refractivity contribution in [2.24, 2.45) is 0 Å². The van der Waals surface area contributed by atoms with E-state index in [1.165, 1.54) is 0 Å². The first-order chi connectivity index (χ1) is 6.27. The molecule has 0 saturated carbocycles. The van der Waals surface area contributed by atoms with Crippen LogP contribution in [-0.2, 0) is 0 Å². The standard InChI is InChI=1S/C10H11N3/c1-8-6-10(9(2)11-7-8)13-5-3-4-12-13/h3-7H,1-2H3. The summed E-state index contributed by atoms with van der Waals surface area (Å²) < 4.78 is 1.83. The minimum atomic E-state index is 0.995. The number of nitrogens with zero attached hydrogens (tertiary/aromatic N) is 3. The van der Waals surface area contributed by atoms with Crippen LogP contribution in [0, 0.1) is 13.8 Å². The number of pyridine rings is 1. The van der Waals surface area contributed by atoms with Crippen LogP contribution in [0.2, 0.25) is 0 Å². The first-order valence-corrected chi connectivity index (χ1v) is 4.20. The number of aromatic nitrogens is 3. The topological polar surface area (TPSA) is 30.7 Å². The molecular formula is C10H11N3. The Hall–Kier alpha value is -1.64. The number of hydrogen-bond donors (Lipinski definition) is 0. The molecule has 0 bridgehead atoms. The Morgan fingerprint density at radius 2 is 2.15 bits per heavy atom. The largest absolute Gasteiger partial charge is 0.259 e. The number of hydrogen-bond acceptors (Lipinski definition) is 2. The van der Waals surface area contributed by atoms with Crippen LogP contribution in [0.3, 0.4) is 0 Å². The van der Waals surface area contributed by atoms with E-state index in [9.17, 15) is 0 Å². The van der Waals surface area contributed by atoms with Gasteiger partial charge in [-0.1, -0.05) is 0 Å². The van der Waals surface area contributed by atoms with Gasteiger partial charge in [0.05, 0.1) is 11.4 Å². The summed E-state index contributed by atoms with van der Waals surface area (Å²) in [5, 5.41) is 4.17. The minimum Gasteiger partial charge on any atom is -0.259 e. The molecule has 0 unspecified atom stereocenters. The lowest BCUT2D eigenvalue weighted by Crippen LogP contribution is -1.99. The molecule has 2 rings (SSSR count). The third-order valence-electron chi connectivity index (χ3n) is 1.95. The van der Waals surface area contributed by atoms with Gasteiger partial charge in [0.1, 0.15) is 0 Å². The molecule has 3 heteroatoms. The number of rotatable bonds is 1. The van der Waals surface area contributed by atoms with Gasteiger partial charge in [-0.2, -0.15) is 5.10 Å². The lowest BCUT2D eigenvalue weighted by atomic mass is 10.2. The molecule has 0 aliphatic heterocycles. The van der Waals surface area contributed by atoms with E-state index in [2.05, 4.69) is 16.1 Å².